The highest BCUT2D eigenvalue weighted by Crippen LogP contribution is 2.37. The first kappa shape index (κ1) is 16.8. The molecule has 1 aliphatic carbocycles. The molecule has 0 unspecified atom stereocenters. The summed E-state index contributed by atoms with van der Waals surface area (Å²) in [4.78, 5) is 0.465. The van der Waals surface area contributed by atoms with Crippen LogP contribution in [0.4, 0.5) is 0 Å². The molecule has 132 valence electrons. The van der Waals surface area contributed by atoms with Crippen molar-refractivity contribution in [1.29, 1.82) is 0 Å². The maximum Gasteiger partial charge on any atom is 0.243 e. The third-order valence-electron chi connectivity index (χ3n) is 5.56. The van der Waals surface area contributed by atoms with E-state index in [-0.39, 0.29) is 6.04 Å². The fraction of sp³-hybridized carbons (Fsp3) is 0.429. The Kier molecular flexibility index (Phi) is 4.42. The van der Waals surface area contributed by atoms with Gasteiger partial charge in [-0.05, 0) is 74.3 Å². The SMILES string of the molecule is Cc1cccc([C@@H]2CCCN2S(=O)(=O)c2ccc3c(c2)CCCC3)c1. The molecular formula is C21H25NO2S. The van der Waals surface area contributed by atoms with Crippen LogP contribution in [0.2, 0.25) is 0 Å². The number of nitrogens with zero attached hydrogens (tertiary/aromatic N) is 1. The molecule has 1 atom stereocenters. The van der Waals surface area contributed by atoms with Crippen molar-refractivity contribution in [3.05, 3.63) is 64.7 Å². The third kappa shape index (κ3) is 3.13. The molecule has 0 radical (unpaired) electrons. The van der Waals surface area contributed by atoms with Crippen molar-refractivity contribution in [1.82, 2.24) is 4.31 Å². The highest BCUT2D eigenvalue weighted by atomic mass is 32.2. The Hall–Kier alpha value is -1.65. The van der Waals surface area contributed by atoms with E-state index < -0.39 is 10.0 Å². The van der Waals surface area contributed by atoms with Crippen LogP contribution < -0.4 is 0 Å². The summed E-state index contributed by atoms with van der Waals surface area (Å²) in [5, 5.41) is 0. The minimum absolute atomic E-state index is 0.0408. The van der Waals surface area contributed by atoms with Crippen molar-refractivity contribution in [3.8, 4) is 0 Å². The van der Waals surface area contributed by atoms with Gasteiger partial charge in [0.1, 0.15) is 0 Å². The first-order valence-electron chi connectivity index (χ1n) is 9.26. The number of benzene rings is 2. The molecule has 1 saturated heterocycles. The first-order valence-corrected chi connectivity index (χ1v) is 10.7. The maximum atomic E-state index is 13.3. The Bertz CT molecular complexity index is 889. The molecule has 1 heterocycles. The molecule has 0 N–H and O–H groups in total. The standard InChI is InChI=1S/C21H25NO2S/c1-16-6-4-9-19(14-16)21-10-5-13-22(21)25(23,24)20-12-11-17-7-2-3-8-18(17)15-20/h4,6,9,11-12,14-15,21H,2-3,5,7-8,10,13H2,1H3/t21-/m0/s1. The molecule has 0 aromatic heterocycles. The van der Waals surface area contributed by atoms with Crippen LogP contribution in [0.3, 0.4) is 0 Å². The van der Waals surface area contributed by atoms with Crippen molar-refractivity contribution in [3.63, 3.8) is 0 Å². The van der Waals surface area contributed by atoms with Gasteiger partial charge in [-0.3, -0.25) is 0 Å². The number of hydrogen-bond acceptors (Lipinski definition) is 2. The van der Waals surface area contributed by atoms with Gasteiger partial charge >= 0.3 is 0 Å². The van der Waals surface area contributed by atoms with Crippen LogP contribution >= 0.6 is 0 Å². The Morgan fingerprint density at radius 1 is 0.960 bits per heavy atom. The van der Waals surface area contributed by atoms with E-state index in [0.29, 0.717) is 11.4 Å². The molecule has 2 aromatic rings. The summed E-state index contributed by atoms with van der Waals surface area (Å²) in [6, 6.07) is 14.0. The van der Waals surface area contributed by atoms with Crippen LogP contribution in [0, 0.1) is 6.92 Å². The average molecular weight is 356 g/mol. The number of hydrogen-bond donors (Lipinski definition) is 0. The number of sulfonamides is 1. The first-order chi connectivity index (χ1) is 12.1. The minimum Gasteiger partial charge on any atom is -0.207 e. The Balaban J connectivity index is 1.69. The zero-order chi connectivity index (χ0) is 17.4. The second-order valence-electron chi connectivity index (χ2n) is 7.33. The molecule has 0 saturated carbocycles. The lowest BCUT2D eigenvalue weighted by Gasteiger charge is -2.25. The van der Waals surface area contributed by atoms with Gasteiger partial charge in [0, 0.05) is 6.54 Å². The van der Waals surface area contributed by atoms with E-state index in [1.165, 1.54) is 23.1 Å². The fourth-order valence-electron chi connectivity index (χ4n) is 4.24. The van der Waals surface area contributed by atoms with E-state index in [2.05, 4.69) is 25.1 Å². The largest absolute Gasteiger partial charge is 0.243 e. The lowest BCUT2D eigenvalue weighted by atomic mass is 9.92. The zero-order valence-corrected chi connectivity index (χ0v) is 15.6. The summed E-state index contributed by atoms with van der Waals surface area (Å²) in [5.74, 6) is 0. The molecule has 0 spiro atoms. The van der Waals surface area contributed by atoms with Gasteiger partial charge in [0.05, 0.1) is 10.9 Å². The number of rotatable bonds is 3. The topological polar surface area (TPSA) is 37.4 Å². The van der Waals surface area contributed by atoms with Crippen molar-refractivity contribution in [2.45, 2.75) is 56.4 Å². The molecule has 4 rings (SSSR count). The van der Waals surface area contributed by atoms with Gasteiger partial charge in [0.2, 0.25) is 10.0 Å². The van der Waals surface area contributed by atoms with Crippen LogP contribution in [-0.2, 0) is 22.9 Å². The van der Waals surface area contributed by atoms with Crippen LogP contribution in [0.5, 0.6) is 0 Å². The molecule has 2 aliphatic rings. The lowest BCUT2D eigenvalue weighted by Crippen LogP contribution is -2.31. The molecule has 2 aromatic carbocycles. The van der Waals surface area contributed by atoms with Crippen molar-refractivity contribution in [2.75, 3.05) is 6.54 Å². The quantitative estimate of drug-likeness (QED) is 0.818. The van der Waals surface area contributed by atoms with E-state index >= 15 is 0 Å². The van der Waals surface area contributed by atoms with Gasteiger partial charge in [-0.1, -0.05) is 35.9 Å². The molecule has 1 fully saturated rings. The number of aryl methyl sites for hydroxylation is 3. The fourth-order valence-corrected chi connectivity index (χ4v) is 5.98. The third-order valence-corrected chi connectivity index (χ3v) is 7.46. The Morgan fingerprint density at radius 2 is 1.76 bits per heavy atom. The van der Waals surface area contributed by atoms with Gasteiger partial charge in [0.15, 0.2) is 0 Å². The lowest BCUT2D eigenvalue weighted by molar-refractivity contribution is 0.396. The van der Waals surface area contributed by atoms with Gasteiger partial charge in [-0.25, -0.2) is 8.42 Å². The predicted molar refractivity (Wildman–Crippen MR) is 100 cm³/mol. The summed E-state index contributed by atoms with van der Waals surface area (Å²) in [6.45, 7) is 2.67. The van der Waals surface area contributed by atoms with Gasteiger partial charge in [-0.2, -0.15) is 4.31 Å². The van der Waals surface area contributed by atoms with Crippen molar-refractivity contribution >= 4 is 10.0 Å². The predicted octanol–water partition coefficient (Wildman–Crippen LogP) is 4.40. The van der Waals surface area contributed by atoms with Crippen LogP contribution in [0.15, 0.2) is 47.4 Å². The van der Waals surface area contributed by atoms with E-state index in [4.69, 9.17) is 0 Å². The maximum absolute atomic E-state index is 13.3. The van der Waals surface area contributed by atoms with Crippen molar-refractivity contribution in [2.24, 2.45) is 0 Å². The normalized spacial score (nSPS) is 21.2. The smallest absolute Gasteiger partial charge is 0.207 e. The van der Waals surface area contributed by atoms with Gasteiger partial charge in [-0.15, -0.1) is 0 Å². The van der Waals surface area contributed by atoms with E-state index in [0.717, 1.165) is 37.7 Å². The molecule has 3 nitrogen and oxygen atoms in total. The Morgan fingerprint density at radius 3 is 2.56 bits per heavy atom. The zero-order valence-electron chi connectivity index (χ0n) is 14.7. The summed E-state index contributed by atoms with van der Waals surface area (Å²) in [5.41, 5.74) is 4.83. The van der Waals surface area contributed by atoms with Crippen LogP contribution in [0.25, 0.3) is 0 Å². The molecule has 4 heteroatoms. The van der Waals surface area contributed by atoms with E-state index in [1.807, 2.05) is 24.3 Å². The summed E-state index contributed by atoms with van der Waals surface area (Å²) >= 11 is 0. The average Bonchev–Trinajstić information content (AvgIpc) is 3.12. The summed E-state index contributed by atoms with van der Waals surface area (Å²) in [6.07, 6.45) is 6.26. The van der Waals surface area contributed by atoms with E-state index in [9.17, 15) is 8.42 Å². The van der Waals surface area contributed by atoms with Crippen LogP contribution in [-0.4, -0.2) is 19.3 Å². The monoisotopic (exact) mass is 355 g/mol. The Labute approximate surface area is 150 Å². The summed E-state index contributed by atoms with van der Waals surface area (Å²) in [7, 11) is -3.45. The van der Waals surface area contributed by atoms with Crippen LogP contribution in [0.1, 0.15) is 54.0 Å². The van der Waals surface area contributed by atoms with Gasteiger partial charge in [0.25, 0.3) is 0 Å². The second-order valence-corrected chi connectivity index (χ2v) is 9.22. The molecule has 0 amide bonds. The molecular weight excluding hydrogens is 330 g/mol. The molecule has 1 aliphatic heterocycles. The highest BCUT2D eigenvalue weighted by molar-refractivity contribution is 7.89. The molecule has 25 heavy (non-hydrogen) atoms. The second kappa shape index (κ2) is 6.58. The summed E-state index contributed by atoms with van der Waals surface area (Å²) < 4.78 is 28.3. The van der Waals surface area contributed by atoms with Crippen molar-refractivity contribution < 1.29 is 8.42 Å². The van der Waals surface area contributed by atoms with E-state index in [1.54, 1.807) is 4.31 Å². The number of fused-ring (bicyclic) bond motifs is 1. The highest BCUT2D eigenvalue weighted by Gasteiger charge is 2.36. The van der Waals surface area contributed by atoms with Gasteiger partial charge < -0.3 is 0 Å². The molecule has 0 bridgehead atoms. The minimum atomic E-state index is -3.45.